The van der Waals surface area contributed by atoms with Gasteiger partial charge in [0.15, 0.2) is 5.14 Å². The van der Waals surface area contributed by atoms with Crippen LogP contribution in [-0.2, 0) is 0 Å². The highest BCUT2D eigenvalue weighted by Gasteiger charge is 2.16. The summed E-state index contributed by atoms with van der Waals surface area (Å²) in [7, 11) is 0. The minimum absolute atomic E-state index is 0.111. The van der Waals surface area contributed by atoms with E-state index in [4.69, 9.17) is 10.2 Å². The predicted octanol–water partition coefficient (Wildman–Crippen LogP) is 0.265. The molecular weight excluding hydrogens is 198 g/mol. The first-order chi connectivity index (χ1) is 4.48. The van der Waals surface area contributed by atoms with Crippen LogP contribution in [-0.4, -0.2) is 28.5 Å². The van der Waals surface area contributed by atoms with Crippen LogP contribution in [0.5, 0.6) is 0 Å². The molecule has 3 nitrogen and oxygen atoms in total. The van der Waals surface area contributed by atoms with Crippen LogP contribution in [0.4, 0.5) is 0 Å². The van der Waals surface area contributed by atoms with Crippen molar-refractivity contribution in [1.29, 1.82) is 0 Å². The van der Waals surface area contributed by atoms with Gasteiger partial charge in [-0.25, -0.2) is 0 Å². The van der Waals surface area contributed by atoms with Crippen LogP contribution in [0.25, 0.3) is 0 Å². The second-order valence-corrected chi connectivity index (χ2v) is 3.91. The molecule has 0 aromatic carbocycles. The SMILES string of the molecule is CC(C)(CO)CNC(O)Br. The Hall–Kier alpha value is 0.360. The highest BCUT2D eigenvalue weighted by atomic mass is 79.9. The van der Waals surface area contributed by atoms with Crippen molar-refractivity contribution >= 4 is 15.9 Å². The molecule has 0 amide bonds. The standard InChI is InChI=1S/C6H14BrNO2/c1-6(2,4-9)3-8-5(7)10/h5,8-10H,3-4H2,1-2H3. The first-order valence-corrected chi connectivity index (χ1v) is 4.06. The van der Waals surface area contributed by atoms with Gasteiger partial charge in [0.1, 0.15) is 0 Å². The van der Waals surface area contributed by atoms with Gasteiger partial charge in [0.2, 0.25) is 0 Å². The lowest BCUT2D eigenvalue weighted by atomic mass is 9.95. The lowest BCUT2D eigenvalue weighted by molar-refractivity contribution is 0.136. The summed E-state index contributed by atoms with van der Waals surface area (Å²) in [5, 5.41) is 19.6. The van der Waals surface area contributed by atoms with E-state index in [1.807, 2.05) is 13.8 Å². The number of hydrogen-bond donors (Lipinski definition) is 3. The van der Waals surface area contributed by atoms with Gasteiger partial charge in [-0.3, -0.25) is 5.32 Å². The zero-order chi connectivity index (χ0) is 8.20. The summed E-state index contributed by atoms with van der Waals surface area (Å²) in [6, 6.07) is 0. The molecule has 0 fully saturated rings. The van der Waals surface area contributed by atoms with Gasteiger partial charge >= 0.3 is 0 Å². The van der Waals surface area contributed by atoms with Crippen LogP contribution in [0.15, 0.2) is 0 Å². The Morgan fingerprint density at radius 2 is 2.10 bits per heavy atom. The molecule has 3 N–H and O–H groups in total. The summed E-state index contributed by atoms with van der Waals surface area (Å²) >= 11 is 2.92. The molecule has 0 radical (unpaired) electrons. The van der Waals surface area contributed by atoms with Crippen molar-refractivity contribution in [3.63, 3.8) is 0 Å². The largest absolute Gasteiger partial charge is 0.396 e. The molecule has 4 heteroatoms. The van der Waals surface area contributed by atoms with Crippen LogP contribution in [0.1, 0.15) is 13.8 Å². The molecule has 0 rings (SSSR count). The van der Waals surface area contributed by atoms with E-state index in [9.17, 15) is 0 Å². The summed E-state index contributed by atoms with van der Waals surface area (Å²) in [5.74, 6) is 0. The molecule has 0 saturated carbocycles. The summed E-state index contributed by atoms with van der Waals surface area (Å²) in [6.07, 6.45) is 0. The van der Waals surface area contributed by atoms with E-state index in [1.54, 1.807) is 0 Å². The van der Waals surface area contributed by atoms with Crippen molar-refractivity contribution < 1.29 is 10.2 Å². The third-order valence-corrected chi connectivity index (χ3v) is 1.50. The number of rotatable bonds is 4. The zero-order valence-electron chi connectivity index (χ0n) is 6.26. The van der Waals surface area contributed by atoms with Crippen molar-refractivity contribution in [2.75, 3.05) is 13.2 Å². The van der Waals surface area contributed by atoms with E-state index in [0.29, 0.717) is 6.54 Å². The van der Waals surface area contributed by atoms with Crippen molar-refractivity contribution in [2.24, 2.45) is 5.41 Å². The molecular formula is C6H14BrNO2. The monoisotopic (exact) mass is 211 g/mol. The van der Waals surface area contributed by atoms with Gasteiger partial charge in [-0.05, 0) is 15.9 Å². The van der Waals surface area contributed by atoms with Crippen LogP contribution in [0, 0.1) is 5.41 Å². The van der Waals surface area contributed by atoms with E-state index in [1.165, 1.54) is 0 Å². The van der Waals surface area contributed by atoms with Gasteiger partial charge in [-0.1, -0.05) is 13.8 Å². The predicted molar refractivity (Wildman–Crippen MR) is 43.8 cm³/mol. The Bertz CT molecular complexity index is 95.7. The van der Waals surface area contributed by atoms with Crippen molar-refractivity contribution in [1.82, 2.24) is 5.32 Å². The van der Waals surface area contributed by atoms with Gasteiger partial charge < -0.3 is 10.2 Å². The normalized spacial score (nSPS) is 15.3. The molecule has 0 saturated heterocycles. The van der Waals surface area contributed by atoms with Gasteiger partial charge in [0, 0.05) is 18.6 Å². The minimum atomic E-state index is -0.682. The third-order valence-electron chi connectivity index (χ3n) is 1.18. The van der Waals surface area contributed by atoms with Crippen LogP contribution in [0.3, 0.4) is 0 Å². The number of aliphatic hydroxyl groups excluding tert-OH is 2. The Morgan fingerprint density at radius 1 is 1.60 bits per heavy atom. The van der Waals surface area contributed by atoms with E-state index in [2.05, 4.69) is 21.2 Å². The highest BCUT2D eigenvalue weighted by molar-refractivity contribution is 9.09. The maximum Gasteiger partial charge on any atom is 0.161 e. The number of aliphatic hydroxyl groups is 2. The topological polar surface area (TPSA) is 52.5 Å². The van der Waals surface area contributed by atoms with E-state index < -0.39 is 5.14 Å². The fraction of sp³-hybridized carbons (Fsp3) is 1.00. The summed E-state index contributed by atoms with van der Waals surface area (Å²) in [6.45, 7) is 4.51. The van der Waals surface area contributed by atoms with Crippen molar-refractivity contribution in [3.05, 3.63) is 0 Å². The smallest absolute Gasteiger partial charge is 0.161 e. The van der Waals surface area contributed by atoms with E-state index in [0.717, 1.165) is 0 Å². The number of hydrogen-bond acceptors (Lipinski definition) is 3. The molecule has 0 aromatic heterocycles. The Labute approximate surface area is 69.6 Å². The molecule has 0 spiro atoms. The second-order valence-electron chi connectivity index (χ2n) is 3.04. The lowest BCUT2D eigenvalue weighted by Gasteiger charge is -2.22. The molecule has 1 unspecified atom stereocenters. The van der Waals surface area contributed by atoms with Crippen molar-refractivity contribution in [3.8, 4) is 0 Å². The quantitative estimate of drug-likeness (QED) is 0.356. The number of halogens is 1. The van der Waals surface area contributed by atoms with Crippen LogP contribution in [0.2, 0.25) is 0 Å². The maximum atomic E-state index is 8.77. The van der Waals surface area contributed by atoms with Crippen LogP contribution >= 0.6 is 15.9 Å². The van der Waals surface area contributed by atoms with Gasteiger partial charge in [0.25, 0.3) is 0 Å². The first-order valence-electron chi connectivity index (χ1n) is 3.14. The number of nitrogens with one attached hydrogen (secondary N) is 1. The van der Waals surface area contributed by atoms with Gasteiger partial charge in [-0.15, -0.1) is 0 Å². The summed E-state index contributed by atoms with van der Waals surface area (Å²) in [5.41, 5.74) is -0.172. The van der Waals surface area contributed by atoms with Crippen LogP contribution < -0.4 is 5.32 Å². The van der Waals surface area contributed by atoms with Gasteiger partial charge in [-0.2, -0.15) is 0 Å². The zero-order valence-corrected chi connectivity index (χ0v) is 7.85. The lowest BCUT2D eigenvalue weighted by Crippen LogP contribution is -2.35. The average molecular weight is 212 g/mol. The minimum Gasteiger partial charge on any atom is -0.396 e. The van der Waals surface area contributed by atoms with Crippen molar-refractivity contribution in [2.45, 2.75) is 19.0 Å². The van der Waals surface area contributed by atoms with E-state index in [-0.39, 0.29) is 12.0 Å². The van der Waals surface area contributed by atoms with Gasteiger partial charge in [0.05, 0.1) is 0 Å². The Balaban J connectivity index is 3.46. The molecule has 0 aliphatic heterocycles. The molecule has 0 aromatic rings. The summed E-state index contributed by atoms with van der Waals surface area (Å²) < 4.78 is 0. The average Bonchev–Trinajstić information content (AvgIpc) is 1.85. The molecule has 0 bridgehead atoms. The first kappa shape index (κ1) is 10.4. The molecule has 62 valence electrons. The molecule has 1 atom stereocenters. The third kappa shape index (κ3) is 5.17. The molecule has 10 heavy (non-hydrogen) atoms. The Morgan fingerprint density at radius 3 is 2.40 bits per heavy atom. The second kappa shape index (κ2) is 4.28. The summed E-state index contributed by atoms with van der Waals surface area (Å²) in [4.78, 5) is 0. The molecule has 0 heterocycles. The molecule has 0 aliphatic carbocycles. The number of alkyl halides is 1. The molecule has 0 aliphatic rings. The van der Waals surface area contributed by atoms with E-state index >= 15 is 0 Å². The fourth-order valence-corrected chi connectivity index (χ4v) is 0.578. The fourth-order valence-electron chi connectivity index (χ4n) is 0.416. The highest BCUT2D eigenvalue weighted by Crippen LogP contribution is 2.11. The Kier molecular flexibility index (Phi) is 4.44. The maximum absolute atomic E-state index is 8.77.